The molecule has 1 aromatic rings. The first-order valence-corrected chi connectivity index (χ1v) is 5.72. The van der Waals surface area contributed by atoms with E-state index in [-0.39, 0.29) is 6.54 Å². The molecule has 6 nitrogen and oxygen atoms in total. The van der Waals surface area contributed by atoms with Crippen molar-refractivity contribution >= 4 is 23.3 Å². The summed E-state index contributed by atoms with van der Waals surface area (Å²) in [5.74, 6) is -0.423. The number of hydrogen-bond donors (Lipinski definition) is 3. The second kappa shape index (κ2) is 6.48. The molecule has 0 heterocycles. The van der Waals surface area contributed by atoms with Gasteiger partial charge < -0.3 is 16.4 Å². The molecule has 0 aliphatic carbocycles. The van der Waals surface area contributed by atoms with Crippen molar-refractivity contribution in [3.05, 3.63) is 24.3 Å². The van der Waals surface area contributed by atoms with Crippen LogP contribution in [-0.4, -0.2) is 25.0 Å². The Morgan fingerprint density at radius 1 is 1.28 bits per heavy atom. The van der Waals surface area contributed by atoms with Gasteiger partial charge in [-0.1, -0.05) is 6.92 Å². The average Bonchev–Trinajstić information content (AvgIpc) is 2.28. The zero-order valence-corrected chi connectivity index (χ0v) is 10.3. The molecule has 1 aromatic carbocycles. The van der Waals surface area contributed by atoms with E-state index in [1.165, 1.54) is 0 Å². The lowest BCUT2D eigenvalue weighted by atomic mass is 10.2. The minimum Gasteiger partial charge on any atom is -0.399 e. The monoisotopic (exact) mass is 250 g/mol. The van der Waals surface area contributed by atoms with E-state index >= 15 is 0 Å². The van der Waals surface area contributed by atoms with Gasteiger partial charge in [0.15, 0.2) is 0 Å². The van der Waals surface area contributed by atoms with Crippen LogP contribution in [-0.2, 0) is 4.79 Å². The van der Waals surface area contributed by atoms with Gasteiger partial charge in [-0.3, -0.25) is 10.1 Å². The van der Waals surface area contributed by atoms with Crippen molar-refractivity contribution in [1.29, 1.82) is 0 Å². The van der Waals surface area contributed by atoms with Crippen LogP contribution in [0.4, 0.5) is 16.2 Å². The number of carbonyl (C=O) groups is 2. The van der Waals surface area contributed by atoms with Crippen molar-refractivity contribution in [3.8, 4) is 0 Å². The standard InChI is InChI=1S/C12H18N4O2/c1-2-7-16(8-11(17)15-12(14)18)10-5-3-9(13)4-6-10/h3-6H,2,7-8,13H2,1H3,(H3,14,15,17,18). The van der Waals surface area contributed by atoms with Gasteiger partial charge in [0.05, 0.1) is 6.54 Å². The summed E-state index contributed by atoms with van der Waals surface area (Å²) < 4.78 is 0. The Balaban J connectivity index is 2.73. The van der Waals surface area contributed by atoms with E-state index in [0.29, 0.717) is 12.2 Å². The van der Waals surface area contributed by atoms with Gasteiger partial charge >= 0.3 is 6.03 Å². The van der Waals surface area contributed by atoms with Crippen LogP contribution in [0.5, 0.6) is 0 Å². The molecular weight excluding hydrogens is 232 g/mol. The van der Waals surface area contributed by atoms with Crippen LogP contribution >= 0.6 is 0 Å². The quantitative estimate of drug-likeness (QED) is 0.669. The predicted molar refractivity (Wildman–Crippen MR) is 71.1 cm³/mol. The molecule has 0 radical (unpaired) electrons. The number of anilines is 2. The molecule has 3 amide bonds. The molecule has 1 rings (SSSR count). The van der Waals surface area contributed by atoms with Crippen molar-refractivity contribution in [2.45, 2.75) is 13.3 Å². The highest BCUT2D eigenvalue weighted by atomic mass is 16.2. The highest BCUT2D eigenvalue weighted by molar-refractivity contribution is 5.95. The Labute approximate surface area is 106 Å². The average molecular weight is 250 g/mol. The predicted octanol–water partition coefficient (Wildman–Crippen LogP) is 0.680. The van der Waals surface area contributed by atoms with E-state index in [2.05, 4.69) is 0 Å². The summed E-state index contributed by atoms with van der Waals surface area (Å²) in [4.78, 5) is 23.9. The molecule has 0 aliphatic heterocycles. The number of nitrogen functional groups attached to an aromatic ring is 1. The molecule has 0 saturated heterocycles. The molecule has 0 spiro atoms. The molecule has 0 atom stereocenters. The zero-order chi connectivity index (χ0) is 13.5. The van der Waals surface area contributed by atoms with E-state index in [9.17, 15) is 9.59 Å². The van der Waals surface area contributed by atoms with Crippen LogP contribution in [0.1, 0.15) is 13.3 Å². The van der Waals surface area contributed by atoms with Crippen LogP contribution in [0.15, 0.2) is 24.3 Å². The first-order valence-electron chi connectivity index (χ1n) is 5.72. The number of imide groups is 1. The number of amides is 3. The third-order valence-corrected chi connectivity index (χ3v) is 2.35. The number of rotatable bonds is 5. The maximum Gasteiger partial charge on any atom is 0.318 e. The van der Waals surface area contributed by atoms with Crippen LogP contribution in [0.25, 0.3) is 0 Å². The molecule has 6 heteroatoms. The van der Waals surface area contributed by atoms with Crippen LogP contribution in [0.2, 0.25) is 0 Å². The Kier molecular flexibility index (Phi) is 4.98. The molecule has 0 fully saturated rings. The number of hydrogen-bond acceptors (Lipinski definition) is 4. The highest BCUT2D eigenvalue weighted by Crippen LogP contribution is 2.16. The van der Waals surface area contributed by atoms with E-state index < -0.39 is 11.9 Å². The van der Waals surface area contributed by atoms with Gasteiger partial charge in [-0.05, 0) is 30.7 Å². The number of nitrogens with two attached hydrogens (primary N) is 2. The third-order valence-electron chi connectivity index (χ3n) is 2.35. The summed E-state index contributed by atoms with van der Waals surface area (Å²) >= 11 is 0. The summed E-state index contributed by atoms with van der Waals surface area (Å²) in [6.45, 7) is 2.80. The normalized spacial score (nSPS) is 9.83. The first kappa shape index (κ1) is 13.8. The van der Waals surface area contributed by atoms with Crippen molar-refractivity contribution in [1.82, 2.24) is 5.32 Å². The summed E-state index contributed by atoms with van der Waals surface area (Å²) in [7, 11) is 0. The molecule has 5 N–H and O–H groups in total. The molecule has 18 heavy (non-hydrogen) atoms. The summed E-state index contributed by atoms with van der Waals surface area (Å²) in [6.07, 6.45) is 0.883. The number of urea groups is 1. The topological polar surface area (TPSA) is 101 Å². The number of carbonyl (C=O) groups excluding carboxylic acids is 2. The SMILES string of the molecule is CCCN(CC(=O)NC(N)=O)c1ccc(N)cc1. The summed E-state index contributed by atoms with van der Waals surface area (Å²) in [5, 5.41) is 2.05. The van der Waals surface area contributed by atoms with Gasteiger partial charge in [-0.25, -0.2) is 4.79 Å². The Bertz CT molecular complexity index is 417. The fourth-order valence-corrected chi connectivity index (χ4v) is 1.60. The fourth-order valence-electron chi connectivity index (χ4n) is 1.60. The molecular formula is C12H18N4O2. The van der Waals surface area contributed by atoms with E-state index in [1.54, 1.807) is 12.1 Å². The minimum absolute atomic E-state index is 0.0840. The highest BCUT2D eigenvalue weighted by Gasteiger charge is 2.11. The molecule has 0 bridgehead atoms. The minimum atomic E-state index is -0.839. The molecule has 98 valence electrons. The van der Waals surface area contributed by atoms with E-state index in [4.69, 9.17) is 11.5 Å². The van der Waals surface area contributed by atoms with Gasteiger partial charge in [-0.15, -0.1) is 0 Å². The van der Waals surface area contributed by atoms with Crippen molar-refractivity contribution in [2.24, 2.45) is 5.73 Å². The largest absolute Gasteiger partial charge is 0.399 e. The Morgan fingerprint density at radius 3 is 2.39 bits per heavy atom. The lowest BCUT2D eigenvalue weighted by Gasteiger charge is -2.23. The smallest absolute Gasteiger partial charge is 0.318 e. The lowest BCUT2D eigenvalue weighted by molar-refractivity contribution is -0.118. The first-order chi connectivity index (χ1) is 8.52. The number of benzene rings is 1. The van der Waals surface area contributed by atoms with Crippen molar-refractivity contribution in [2.75, 3.05) is 23.7 Å². The van der Waals surface area contributed by atoms with Crippen molar-refractivity contribution < 1.29 is 9.59 Å². The molecule has 0 saturated carbocycles. The van der Waals surface area contributed by atoms with Gasteiger partial charge in [-0.2, -0.15) is 0 Å². The number of nitrogens with zero attached hydrogens (tertiary/aromatic N) is 1. The second-order valence-corrected chi connectivity index (χ2v) is 3.93. The summed E-state index contributed by atoms with van der Waals surface area (Å²) in [5.41, 5.74) is 12.0. The molecule has 0 unspecified atom stereocenters. The summed E-state index contributed by atoms with van der Waals surface area (Å²) in [6, 6.07) is 6.37. The van der Waals surface area contributed by atoms with Gasteiger partial charge in [0.1, 0.15) is 0 Å². The van der Waals surface area contributed by atoms with Gasteiger partial charge in [0.25, 0.3) is 0 Å². The van der Waals surface area contributed by atoms with E-state index in [1.807, 2.05) is 29.3 Å². The van der Waals surface area contributed by atoms with Gasteiger partial charge in [0, 0.05) is 17.9 Å². The maximum atomic E-state index is 11.5. The maximum absolute atomic E-state index is 11.5. The van der Waals surface area contributed by atoms with E-state index in [0.717, 1.165) is 12.1 Å². The fraction of sp³-hybridized carbons (Fsp3) is 0.333. The number of nitrogens with one attached hydrogen (secondary N) is 1. The molecule has 0 aromatic heterocycles. The lowest BCUT2D eigenvalue weighted by Crippen LogP contribution is -2.42. The van der Waals surface area contributed by atoms with Crippen LogP contribution < -0.4 is 21.7 Å². The molecule has 0 aliphatic rings. The number of primary amides is 1. The van der Waals surface area contributed by atoms with Crippen LogP contribution in [0.3, 0.4) is 0 Å². The Hall–Kier alpha value is -2.24. The third kappa shape index (κ3) is 4.32. The van der Waals surface area contributed by atoms with Gasteiger partial charge in [0.2, 0.25) is 5.91 Å². The Morgan fingerprint density at radius 2 is 1.89 bits per heavy atom. The van der Waals surface area contributed by atoms with Crippen LogP contribution in [0, 0.1) is 0 Å². The van der Waals surface area contributed by atoms with Crippen molar-refractivity contribution in [3.63, 3.8) is 0 Å². The zero-order valence-electron chi connectivity index (χ0n) is 10.3. The second-order valence-electron chi connectivity index (χ2n) is 3.93.